The highest BCUT2D eigenvalue weighted by Crippen LogP contribution is 2.40. The van der Waals surface area contributed by atoms with Gasteiger partial charge in [-0.15, -0.1) is 0 Å². The van der Waals surface area contributed by atoms with Crippen molar-refractivity contribution in [1.82, 2.24) is 5.32 Å². The number of hydrogen-bond acceptors (Lipinski definition) is 4. The van der Waals surface area contributed by atoms with E-state index in [4.69, 9.17) is 16.3 Å². The van der Waals surface area contributed by atoms with Gasteiger partial charge in [-0.3, -0.25) is 0 Å². The first-order valence-corrected chi connectivity index (χ1v) is 9.46. The predicted molar refractivity (Wildman–Crippen MR) is 83.9 cm³/mol. The van der Waals surface area contributed by atoms with Crippen molar-refractivity contribution in [3.63, 3.8) is 0 Å². The van der Waals surface area contributed by atoms with Crippen LogP contribution in [0.2, 0.25) is 5.02 Å². The summed E-state index contributed by atoms with van der Waals surface area (Å²) in [6, 6.07) is 3.49. The fourth-order valence-electron chi connectivity index (χ4n) is 3.42. The van der Waals surface area contributed by atoms with Crippen molar-refractivity contribution < 1.29 is 13.2 Å². The van der Waals surface area contributed by atoms with Gasteiger partial charge in [0.05, 0.1) is 23.7 Å². The first kappa shape index (κ1) is 15.1. The summed E-state index contributed by atoms with van der Waals surface area (Å²) in [4.78, 5) is 0. The number of ether oxygens (including phenoxy) is 1. The zero-order valence-electron chi connectivity index (χ0n) is 12.1. The van der Waals surface area contributed by atoms with Crippen LogP contribution in [0.5, 0.6) is 5.75 Å². The third kappa shape index (κ3) is 2.79. The minimum atomic E-state index is -3.07. The van der Waals surface area contributed by atoms with Gasteiger partial charge in [0.1, 0.15) is 5.75 Å². The van der Waals surface area contributed by atoms with Gasteiger partial charge in [0.25, 0.3) is 0 Å². The van der Waals surface area contributed by atoms with Gasteiger partial charge in [0, 0.05) is 17.0 Å². The van der Waals surface area contributed by atoms with E-state index in [0.717, 1.165) is 36.1 Å². The van der Waals surface area contributed by atoms with E-state index >= 15 is 0 Å². The SMILES string of the molecule is CNC(c1cc(Cl)cc2c1OCC2)C1CCCCS1(=O)=O. The van der Waals surface area contributed by atoms with Crippen molar-refractivity contribution in [2.24, 2.45) is 0 Å². The van der Waals surface area contributed by atoms with Crippen LogP contribution in [0.4, 0.5) is 0 Å². The fourth-order valence-corrected chi connectivity index (χ4v) is 5.81. The van der Waals surface area contributed by atoms with Gasteiger partial charge >= 0.3 is 0 Å². The second-order valence-electron chi connectivity index (χ2n) is 5.75. The molecule has 0 bridgehead atoms. The molecule has 6 heteroatoms. The highest BCUT2D eigenvalue weighted by Gasteiger charge is 2.37. The number of benzene rings is 1. The number of fused-ring (bicyclic) bond motifs is 1. The summed E-state index contributed by atoms with van der Waals surface area (Å²) in [5.74, 6) is 1.10. The molecule has 0 aliphatic carbocycles. The van der Waals surface area contributed by atoms with Crippen LogP contribution in [-0.2, 0) is 16.3 Å². The molecule has 0 aromatic heterocycles. The summed E-state index contributed by atoms with van der Waals surface area (Å²) in [5.41, 5.74) is 1.96. The third-order valence-electron chi connectivity index (χ3n) is 4.42. The molecule has 21 heavy (non-hydrogen) atoms. The molecule has 0 saturated carbocycles. The van der Waals surface area contributed by atoms with Crippen LogP contribution in [0, 0.1) is 0 Å². The molecule has 2 unspecified atom stereocenters. The Bertz CT molecular complexity index is 645. The van der Waals surface area contributed by atoms with Crippen molar-refractivity contribution in [3.8, 4) is 5.75 Å². The van der Waals surface area contributed by atoms with E-state index in [1.807, 2.05) is 12.1 Å². The van der Waals surface area contributed by atoms with E-state index in [9.17, 15) is 8.42 Å². The third-order valence-corrected chi connectivity index (χ3v) is 6.93. The van der Waals surface area contributed by atoms with Gasteiger partial charge < -0.3 is 10.1 Å². The maximum absolute atomic E-state index is 12.4. The second-order valence-corrected chi connectivity index (χ2v) is 8.53. The smallest absolute Gasteiger partial charge is 0.155 e. The largest absolute Gasteiger partial charge is 0.493 e. The molecule has 0 spiro atoms. The van der Waals surface area contributed by atoms with Gasteiger partial charge in [-0.05, 0) is 37.6 Å². The zero-order chi connectivity index (χ0) is 15.0. The normalized spacial score (nSPS) is 25.1. The van der Waals surface area contributed by atoms with Crippen LogP contribution in [0.1, 0.15) is 36.4 Å². The number of hydrogen-bond donors (Lipinski definition) is 1. The highest BCUT2D eigenvalue weighted by atomic mass is 35.5. The van der Waals surface area contributed by atoms with E-state index in [0.29, 0.717) is 18.1 Å². The van der Waals surface area contributed by atoms with Gasteiger partial charge in [0.15, 0.2) is 9.84 Å². The van der Waals surface area contributed by atoms with E-state index in [2.05, 4.69) is 5.32 Å². The summed E-state index contributed by atoms with van der Waals surface area (Å²) in [7, 11) is -1.27. The first-order chi connectivity index (χ1) is 10.0. The topological polar surface area (TPSA) is 55.4 Å². The molecule has 116 valence electrons. The quantitative estimate of drug-likeness (QED) is 0.925. The molecule has 2 aliphatic rings. The van der Waals surface area contributed by atoms with Crippen molar-refractivity contribution in [3.05, 3.63) is 28.3 Å². The molecule has 2 aliphatic heterocycles. The van der Waals surface area contributed by atoms with Crippen LogP contribution in [0.25, 0.3) is 0 Å². The summed E-state index contributed by atoms with van der Waals surface area (Å²) < 4.78 is 30.6. The number of rotatable bonds is 3. The Labute approximate surface area is 130 Å². The Morgan fingerprint density at radius 1 is 1.38 bits per heavy atom. The van der Waals surface area contributed by atoms with E-state index in [1.54, 1.807) is 7.05 Å². The van der Waals surface area contributed by atoms with Gasteiger partial charge in [-0.25, -0.2) is 8.42 Å². The molecule has 2 atom stereocenters. The Morgan fingerprint density at radius 3 is 2.90 bits per heavy atom. The number of halogens is 1. The lowest BCUT2D eigenvalue weighted by atomic mass is 9.96. The van der Waals surface area contributed by atoms with E-state index in [-0.39, 0.29) is 11.8 Å². The lowest BCUT2D eigenvalue weighted by molar-refractivity contribution is 0.347. The van der Waals surface area contributed by atoms with Crippen molar-refractivity contribution >= 4 is 21.4 Å². The lowest BCUT2D eigenvalue weighted by Crippen LogP contribution is -2.39. The standard InChI is InChI=1S/C15H20ClNO3S/c1-17-14(13-4-2-3-7-21(13,18)19)12-9-11(16)8-10-5-6-20-15(10)12/h8-9,13-14,17H,2-7H2,1H3. The lowest BCUT2D eigenvalue weighted by Gasteiger charge is -2.31. The monoisotopic (exact) mass is 329 g/mol. The van der Waals surface area contributed by atoms with Crippen LogP contribution in [0.15, 0.2) is 12.1 Å². The van der Waals surface area contributed by atoms with Crippen LogP contribution >= 0.6 is 11.6 Å². The second kappa shape index (κ2) is 5.78. The molecular formula is C15H20ClNO3S. The summed E-state index contributed by atoms with van der Waals surface area (Å²) in [6.45, 7) is 0.635. The minimum absolute atomic E-state index is 0.263. The van der Waals surface area contributed by atoms with E-state index < -0.39 is 15.1 Å². The molecular weight excluding hydrogens is 310 g/mol. The maximum Gasteiger partial charge on any atom is 0.155 e. The molecule has 0 amide bonds. The molecule has 4 nitrogen and oxygen atoms in total. The van der Waals surface area contributed by atoms with Gasteiger partial charge in [-0.2, -0.15) is 0 Å². The highest BCUT2D eigenvalue weighted by molar-refractivity contribution is 7.92. The molecule has 1 aromatic rings. The summed E-state index contributed by atoms with van der Waals surface area (Å²) >= 11 is 6.21. The maximum atomic E-state index is 12.4. The molecule has 1 saturated heterocycles. The average molecular weight is 330 g/mol. The Hall–Kier alpha value is -0.780. The fraction of sp³-hybridized carbons (Fsp3) is 0.600. The molecule has 2 heterocycles. The molecule has 3 rings (SSSR count). The molecule has 1 aromatic carbocycles. The molecule has 1 N–H and O–H groups in total. The number of nitrogens with one attached hydrogen (secondary N) is 1. The Kier molecular flexibility index (Phi) is 4.17. The Morgan fingerprint density at radius 2 is 2.19 bits per heavy atom. The van der Waals surface area contributed by atoms with Crippen molar-refractivity contribution in [2.75, 3.05) is 19.4 Å². The van der Waals surface area contributed by atoms with E-state index in [1.165, 1.54) is 0 Å². The van der Waals surface area contributed by atoms with Gasteiger partial charge in [0.2, 0.25) is 0 Å². The number of sulfone groups is 1. The molecule has 1 fully saturated rings. The van der Waals surface area contributed by atoms with Crippen LogP contribution < -0.4 is 10.1 Å². The zero-order valence-corrected chi connectivity index (χ0v) is 13.6. The summed E-state index contributed by atoms with van der Waals surface area (Å²) in [6.07, 6.45) is 3.23. The average Bonchev–Trinajstić information content (AvgIpc) is 2.89. The van der Waals surface area contributed by atoms with Crippen molar-refractivity contribution in [1.29, 1.82) is 0 Å². The van der Waals surface area contributed by atoms with Crippen LogP contribution in [0.3, 0.4) is 0 Å². The van der Waals surface area contributed by atoms with Crippen molar-refractivity contribution in [2.45, 2.75) is 37.0 Å². The van der Waals surface area contributed by atoms with Gasteiger partial charge in [-0.1, -0.05) is 18.0 Å². The minimum Gasteiger partial charge on any atom is -0.493 e. The predicted octanol–water partition coefficient (Wildman–Crippen LogP) is 2.50. The molecule has 0 radical (unpaired) electrons. The van der Waals surface area contributed by atoms with Crippen LogP contribution in [-0.4, -0.2) is 33.1 Å². The summed E-state index contributed by atoms with van der Waals surface area (Å²) in [5, 5.41) is 3.42. The first-order valence-electron chi connectivity index (χ1n) is 7.37. The Balaban J connectivity index is 2.05.